The van der Waals surface area contributed by atoms with Crippen LogP contribution in [0.15, 0.2) is 6.20 Å². The lowest BCUT2D eigenvalue weighted by Gasteiger charge is -2.31. The van der Waals surface area contributed by atoms with Crippen LogP contribution in [0.25, 0.3) is 0 Å². The highest BCUT2D eigenvalue weighted by atomic mass is 35.5. The third-order valence-electron chi connectivity index (χ3n) is 3.65. The zero-order valence-electron chi connectivity index (χ0n) is 11.4. The fraction of sp³-hybridized carbons (Fsp3) is 0.667. The van der Waals surface area contributed by atoms with E-state index in [2.05, 4.69) is 27.1 Å². The maximum atomic E-state index is 10.9. The molecule has 1 aromatic rings. The Hall–Kier alpha value is -1.47. The van der Waals surface area contributed by atoms with E-state index in [1.165, 1.54) is 0 Å². The number of hydrogen-bond acceptors (Lipinski definition) is 6. The van der Waals surface area contributed by atoms with Crippen molar-refractivity contribution >= 4 is 23.1 Å². The van der Waals surface area contributed by atoms with Gasteiger partial charge in [0.2, 0.25) is 11.1 Å². The first-order valence-corrected chi connectivity index (χ1v) is 7.11. The standard InChI is InChI=1S/C12H18ClN5O2/c1-2-17-5-3-9(4-6-17)7-14-11-10(18(19)20)8-15-12(13)16-11/h8-9H,2-7H2,1H3,(H,14,15,16). The van der Waals surface area contributed by atoms with Crippen molar-refractivity contribution in [2.24, 2.45) is 5.92 Å². The van der Waals surface area contributed by atoms with Gasteiger partial charge in [-0.15, -0.1) is 0 Å². The molecule has 0 saturated carbocycles. The summed E-state index contributed by atoms with van der Waals surface area (Å²) in [6.07, 6.45) is 3.32. The van der Waals surface area contributed by atoms with Gasteiger partial charge in [0.05, 0.1) is 4.92 Å². The Bertz CT molecular complexity index is 477. The maximum absolute atomic E-state index is 10.9. The van der Waals surface area contributed by atoms with Gasteiger partial charge in [-0.1, -0.05) is 6.92 Å². The van der Waals surface area contributed by atoms with E-state index >= 15 is 0 Å². The van der Waals surface area contributed by atoms with E-state index in [0.717, 1.165) is 38.7 Å². The molecule has 1 aromatic heterocycles. The molecule has 0 radical (unpaired) electrons. The number of aromatic nitrogens is 2. The average Bonchev–Trinajstić information content (AvgIpc) is 2.45. The number of likely N-dealkylation sites (tertiary alicyclic amines) is 1. The van der Waals surface area contributed by atoms with Gasteiger partial charge in [-0.3, -0.25) is 10.1 Å². The molecular formula is C12H18ClN5O2. The maximum Gasteiger partial charge on any atom is 0.329 e. The highest BCUT2D eigenvalue weighted by molar-refractivity contribution is 6.28. The van der Waals surface area contributed by atoms with Crippen molar-refractivity contribution in [3.63, 3.8) is 0 Å². The Balaban J connectivity index is 1.94. The number of nitro groups is 1. The highest BCUT2D eigenvalue weighted by Gasteiger charge is 2.21. The van der Waals surface area contributed by atoms with Gasteiger partial charge in [0.25, 0.3) is 0 Å². The largest absolute Gasteiger partial charge is 0.364 e. The molecule has 0 spiro atoms. The summed E-state index contributed by atoms with van der Waals surface area (Å²) < 4.78 is 0. The van der Waals surface area contributed by atoms with Crippen molar-refractivity contribution in [1.29, 1.82) is 0 Å². The molecule has 0 aromatic carbocycles. The van der Waals surface area contributed by atoms with Crippen LogP contribution in [0.1, 0.15) is 19.8 Å². The first-order valence-electron chi connectivity index (χ1n) is 6.73. The van der Waals surface area contributed by atoms with Crippen LogP contribution in [0.5, 0.6) is 0 Å². The van der Waals surface area contributed by atoms with Gasteiger partial charge >= 0.3 is 5.69 Å². The lowest BCUT2D eigenvalue weighted by atomic mass is 9.97. The molecule has 2 rings (SSSR count). The second kappa shape index (κ2) is 6.81. The van der Waals surface area contributed by atoms with Crippen LogP contribution in [0, 0.1) is 16.0 Å². The second-order valence-electron chi connectivity index (χ2n) is 4.89. The molecule has 0 atom stereocenters. The Labute approximate surface area is 122 Å². The van der Waals surface area contributed by atoms with Crippen molar-refractivity contribution in [2.75, 3.05) is 31.5 Å². The van der Waals surface area contributed by atoms with Crippen molar-refractivity contribution in [2.45, 2.75) is 19.8 Å². The number of hydrogen-bond donors (Lipinski definition) is 1. The molecule has 1 aliphatic rings. The summed E-state index contributed by atoms with van der Waals surface area (Å²) in [6.45, 7) is 6.06. The van der Waals surface area contributed by atoms with Gasteiger partial charge in [-0.2, -0.15) is 4.98 Å². The van der Waals surface area contributed by atoms with E-state index in [4.69, 9.17) is 11.6 Å². The first kappa shape index (κ1) is 14.9. The van der Waals surface area contributed by atoms with Crippen molar-refractivity contribution < 1.29 is 4.92 Å². The van der Waals surface area contributed by atoms with Gasteiger partial charge in [-0.05, 0) is 50.0 Å². The molecule has 0 bridgehead atoms. The van der Waals surface area contributed by atoms with Crippen LogP contribution in [0.2, 0.25) is 5.28 Å². The van der Waals surface area contributed by atoms with Crippen LogP contribution >= 0.6 is 11.6 Å². The number of anilines is 1. The van der Waals surface area contributed by atoms with Crippen molar-refractivity contribution in [1.82, 2.24) is 14.9 Å². The third kappa shape index (κ3) is 3.77. The van der Waals surface area contributed by atoms with E-state index in [9.17, 15) is 10.1 Å². The van der Waals surface area contributed by atoms with Crippen LogP contribution in [0.4, 0.5) is 11.5 Å². The Morgan fingerprint density at radius 3 is 2.85 bits per heavy atom. The highest BCUT2D eigenvalue weighted by Crippen LogP contribution is 2.24. The SMILES string of the molecule is CCN1CCC(CNc2nc(Cl)ncc2[N+](=O)[O-])CC1. The Kier molecular flexibility index (Phi) is 5.08. The third-order valence-corrected chi connectivity index (χ3v) is 3.83. The molecule has 2 heterocycles. The summed E-state index contributed by atoms with van der Waals surface area (Å²) >= 11 is 5.69. The normalized spacial score (nSPS) is 17.1. The molecule has 110 valence electrons. The molecule has 0 aliphatic carbocycles. The van der Waals surface area contributed by atoms with E-state index in [1.807, 2.05) is 0 Å². The Morgan fingerprint density at radius 1 is 1.55 bits per heavy atom. The monoisotopic (exact) mass is 299 g/mol. The molecule has 1 aliphatic heterocycles. The summed E-state index contributed by atoms with van der Waals surface area (Å²) in [6, 6.07) is 0. The predicted molar refractivity (Wildman–Crippen MR) is 77.0 cm³/mol. The molecule has 0 unspecified atom stereocenters. The van der Waals surface area contributed by atoms with Gasteiger partial charge in [0, 0.05) is 6.54 Å². The summed E-state index contributed by atoms with van der Waals surface area (Å²) in [4.78, 5) is 20.3. The smallest absolute Gasteiger partial charge is 0.329 e. The quantitative estimate of drug-likeness (QED) is 0.509. The minimum Gasteiger partial charge on any atom is -0.364 e. The summed E-state index contributed by atoms with van der Waals surface area (Å²) in [5.74, 6) is 0.707. The molecular weight excluding hydrogens is 282 g/mol. The summed E-state index contributed by atoms with van der Waals surface area (Å²) in [7, 11) is 0. The number of piperidine rings is 1. The van der Waals surface area contributed by atoms with Gasteiger partial charge in [0.1, 0.15) is 6.20 Å². The zero-order chi connectivity index (χ0) is 14.5. The fourth-order valence-corrected chi connectivity index (χ4v) is 2.50. The molecule has 0 amide bonds. The number of nitrogens with zero attached hydrogens (tertiary/aromatic N) is 4. The minimum atomic E-state index is -0.502. The molecule has 1 fully saturated rings. The summed E-state index contributed by atoms with van der Waals surface area (Å²) in [5, 5.41) is 14.0. The summed E-state index contributed by atoms with van der Waals surface area (Å²) in [5.41, 5.74) is -0.139. The molecule has 7 nitrogen and oxygen atoms in total. The number of halogens is 1. The van der Waals surface area contributed by atoms with Crippen molar-refractivity contribution in [3.8, 4) is 0 Å². The zero-order valence-corrected chi connectivity index (χ0v) is 12.1. The van der Waals surface area contributed by atoms with Crippen LogP contribution in [-0.4, -0.2) is 46.0 Å². The lowest BCUT2D eigenvalue weighted by Crippen LogP contribution is -2.35. The predicted octanol–water partition coefficient (Wildman–Crippen LogP) is 2.18. The van der Waals surface area contributed by atoms with Gasteiger partial charge in [-0.25, -0.2) is 4.98 Å². The van der Waals surface area contributed by atoms with E-state index in [1.54, 1.807) is 0 Å². The van der Waals surface area contributed by atoms with Crippen LogP contribution < -0.4 is 5.32 Å². The number of nitrogens with one attached hydrogen (secondary N) is 1. The van der Waals surface area contributed by atoms with E-state index < -0.39 is 4.92 Å². The Morgan fingerprint density at radius 2 is 2.25 bits per heavy atom. The molecule has 8 heteroatoms. The van der Waals surface area contributed by atoms with E-state index in [0.29, 0.717) is 12.5 Å². The molecule has 20 heavy (non-hydrogen) atoms. The first-order chi connectivity index (χ1) is 9.60. The number of rotatable bonds is 5. The van der Waals surface area contributed by atoms with Gasteiger partial charge < -0.3 is 10.2 Å². The minimum absolute atomic E-state index is 0.0129. The second-order valence-corrected chi connectivity index (χ2v) is 5.23. The van der Waals surface area contributed by atoms with Crippen LogP contribution in [-0.2, 0) is 0 Å². The van der Waals surface area contributed by atoms with Crippen LogP contribution in [0.3, 0.4) is 0 Å². The topological polar surface area (TPSA) is 84.2 Å². The molecule has 1 saturated heterocycles. The average molecular weight is 300 g/mol. The van der Waals surface area contributed by atoms with Crippen molar-refractivity contribution in [3.05, 3.63) is 21.6 Å². The van der Waals surface area contributed by atoms with E-state index in [-0.39, 0.29) is 16.8 Å². The lowest BCUT2D eigenvalue weighted by molar-refractivity contribution is -0.384. The molecule has 1 N–H and O–H groups in total. The van der Waals surface area contributed by atoms with Gasteiger partial charge in [0.15, 0.2) is 0 Å². The fourth-order valence-electron chi connectivity index (χ4n) is 2.37.